The summed E-state index contributed by atoms with van der Waals surface area (Å²) in [5.41, 5.74) is 0.156. The predicted molar refractivity (Wildman–Crippen MR) is 82.8 cm³/mol. The molecule has 0 aromatic carbocycles. The van der Waals surface area contributed by atoms with E-state index in [2.05, 4.69) is 4.90 Å². The van der Waals surface area contributed by atoms with Gasteiger partial charge in [0, 0.05) is 24.7 Å². The number of carboxylic acid groups (broad SMARTS) is 1. The largest absolute Gasteiger partial charge is 0.480 e. The van der Waals surface area contributed by atoms with Crippen molar-refractivity contribution < 1.29 is 19.4 Å². The van der Waals surface area contributed by atoms with Crippen LogP contribution in [0.2, 0.25) is 0 Å². The lowest BCUT2D eigenvalue weighted by atomic mass is 9.64. The highest BCUT2D eigenvalue weighted by Gasteiger charge is 2.56. The van der Waals surface area contributed by atoms with Crippen molar-refractivity contribution in [2.75, 3.05) is 33.0 Å². The topological polar surface area (TPSA) is 59.0 Å². The molecule has 0 bridgehead atoms. The van der Waals surface area contributed by atoms with Crippen LogP contribution in [0.5, 0.6) is 0 Å². The number of hydrogen-bond acceptors (Lipinski definition) is 4. The third kappa shape index (κ3) is 2.68. The van der Waals surface area contributed by atoms with Crippen LogP contribution in [0.15, 0.2) is 0 Å². The molecular formula is C17H29NO4. The van der Waals surface area contributed by atoms with E-state index in [1.54, 1.807) is 0 Å². The normalized spacial score (nSPS) is 31.1. The Morgan fingerprint density at radius 1 is 1.18 bits per heavy atom. The summed E-state index contributed by atoms with van der Waals surface area (Å²) in [6, 6.07) is -0.0161. The van der Waals surface area contributed by atoms with Gasteiger partial charge in [-0.25, -0.2) is 0 Å². The molecule has 0 spiro atoms. The van der Waals surface area contributed by atoms with Gasteiger partial charge in [0.05, 0.1) is 13.2 Å². The summed E-state index contributed by atoms with van der Waals surface area (Å²) in [6.45, 7) is 8.22. The summed E-state index contributed by atoms with van der Waals surface area (Å²) in [5, 5.41) is 9.70. The molecule has 0 saturated carbocycles. The molecule has 1 unspecified atom stereocenters. The van der Waals surface area contributed by atoms with Gasteiger partial charge in [-0.2, -0.15) is 0 Å². The summed E-state index contributed by atoms with van der Waals surface area (Å²) in [5.74, 6) is 0.0670. The van der Waals surface area contributed by atoms with Crippen LogP contribution in [0.25, 0.3) is 0 Å². The molecule has 0 amide bonds. The van der Waals surface area contributed by atoms with E-state index < -0.39 is 5.97 Å². The van der Waals surface area contributed by atoms with E-state index in [4.69, 9.17) is 9.47 Å². The second-order valence-corrected chi connectivity index (χ2v) is 7.54. The van der Waals surface area contributed by atoms with Gasteiger partial charge in [-0.05, 0) is 44.1 Å². The molecule has 3 rings (SSSR count). The van der Waals surface area contributed by atoms with Crippen LogP contribution in [0.1, 0.15) is 39.5 Å². The number of nitrogens with zero attached hydrogens (tertiary/aromatic N) is 1. The summed E-state index contributed by atoms with van der Waals surface area (Å²) in [4.78, 5) is 14.1. The maximum absolute atomic E-state index is 11.8. The van der Waals surface area contributed by atoms with E-state index in [-0.39, 0.29) is 17.4 Å². The van der Waals surface area contributed by atoms with Crippen LogP contribution < -0.4 is 0 Å². The molecule has 5 heteroatoms. The molecule has 2 atom stereocenters. The Morgan fingerprint density at radius 2 is 1.86 bits per heavy atom. The number of rotatable bonds is 5. The lowest BCUT2D eigenvalue weighted by Crippen LogP contribution is -2.63. The molecule has 3 saturated heterocycles. The zero-order valence-electron chi connectivity index (χ0n) is 13.8. The van der Waals surface area contributed by atoms with Gasteiger partial charge in [-0.1, -0.05) is 13.8 Å². The number of likely N-dealkylation sites (tertiary alicyclic amines) is 1. The van der Waals surface area contributed by atoms with Crippen molar-refractivity contribution in [1.82, 2.24) is 4.90 Å². The fourth-order valence-corrected chi connectivity index (χ4v) is 4.86. The van der Waals surface area contributed by atoms with Crippen LogP contribution in [0.3, 0.4) is 0 Å². The Bertz CT molecular complexity index is 401. The number of hydrogen-bond donors (Lipinski definition) is 1. The Morgan fingerprint density at radius 3 is 2.36 bits per heavy atom. The van der Waals surface area contributed by atoms with E-state index >= 15 is 0 Å². The molecule has 3 heterocycles. The summed E-state index contributed by atoms with van der Waals surface area (Å²) in [7, 11) is 0. The van der Waals surface area contributed by atoms with E-state index in [1.165, 1.54) is 0 Å². The maximum Gasteiger partial charge on any atom is 0.321 e. The van der Waals surface area contributed by atoms with Crippen LogP contribution in [-0.2, 0) is 14.3 Å². The first-order valence-corrected chi connectivity index (χ1v) is 8.70. The molecule has 3 aliphatic heterocycles. The molecule has 0 aliphatic carbocycles. The van der Waals surface area contributed by atoms with Gasteiger partial charge in [0.15, 0.2) is 0 Å². The summed E-state index contributed by atoms with van der Waals surface area (Å²) < 4.78 is 11.2. The first kappa shape index (κ1) is 16.2. The Kier molecular flexibility index (Phi) is 4.76. The maximum atomic E-state index is 11.8. The zero-order valence-corrected chi connectivity index (χ0v) is 13.8. The van der Waals surface area contributed by atoms with Crippen molar-refractivity contribution in [3.8, 4) is 0 Å². The molecule has 126 valence electrons. The van der Waals surface area contributed by atoms with Gasteiger partial charge in [0.25, 0.3) is 0 Å². The molecule has 3 aliphatic rings. The number of ether oxygens (including phenoxy) is 2. The Labute approximate surface area is 133 Å². The van der Waals surface area contributed by atoms with Crippen molar-refractivity contribution in [3.63, 3.8) is 0 Å². The van der Waals surface area contributed by atoms with Crippen LogP contribution >= 0.6 is 0 Å². The van der Waals surface area contributed by atoms with Gasteiger partial charge in [0.2, 0.25) is 0 Å². The van der Waals surface area contributed by atoms with Crippen molar-refractivity contribution in [1.29, 1.82) is 0 Å². The minimum Gasteiger partial charge on any atom is -0.480 e. The molecule has 22 heavy (non-hydrogen) atoms. The van der Waals surface area contributed by atoms with Crippen molar-refractivity contribution >= 4 is 5.97 Å². The zero-order chi connectivity index (χ0) is 15.7. The van der Waals surface area contributed by atoms with Gasteiger partial charge < -0.3 is 14.6 Å². The Hall–Kier alpha value is -0.650. The first-order chi connectivity index (χ1) is 10.6. The minimum absolute atomic E-state index is 0.130. The summed E-state index contributed by atoms with van der Waals surface area (Å²) >= 11 is 0. The highest BCUT2D eigenvalue weighted by atomic mass is 16.5. The van der Waals surface area contributed by atoms with E-state index in [9.17, 15) is 9.90 Å². The number of carboxylic acids is 1. The second kappa shape index (κ2) is 6.46. The minimum atomic E-state index is -0.677. The van der Waals surface area contributed by atoms with E-state index in [0.29, 0.717) is 12.0 Å². The van der Waals surface area contributed by atoms with Crippen LogP contribution in [0.4, 0.5) is 0 Å². The fourth-order valence-electron chi connectivity index (χ4n) is 4.86. The molecule has 0 aromatic heterocycles. The van der Waals surface area contributed by atoms with Crippen LogP contribution in [-0.4, -0.2) is 61.0 Å². The number of aliphatic carboxylic acids is 1. The highest BCUT2D eigenvalue weighted by Crippen LogP contribution is 2.49. The molecular weight excluding hydrogens is 282 g/mol. The van der Waals surface area contributed by atoms with Gasteiger partial charge in [-0.3, -0.25) is 9.69 Å². The average Bonchev–Trinajstić information content (AvgIpc) is 2.87. The van der Waals surface area contributed by atoms with Crippen molar-refractivity contribution in [2.45, 2.75) is 51.6 Å². The predicted octanol–water partition coefficient (Wildman–Crippen LogP) is 2.00. The van der Waals surface area contributed by atoms with Gasteiger partial charge >= 0.3 is 5.97 Å². The highest BCUT2D eigenvalue weighted by molar-refractivity contribution is 5.74. The number of carbonyl (C=O) groups is 1. The average molecular weight is 311 g/mol. The molecule has 0 radical (unpaired) electrons. The first-order valence-electron chi connectivity index (χ1n) is 8.70. The van der Waals surface area contributed by atoms with Crippen LogP contribution in [0, 0.1) is 17.3 Å². The second-order valence-electron chi connectivity index (χ2n) is 7.54. The SMILES string of the molecule is CC(C)[C@@H](C(=O)O)N1CCCC1C1(C2CCOCC2)COC1. The van der Waals surface area contributed by atoms with Gasteiger partial charge in [-0.15, -0.1) is 0 Å². The molecule has 0 aromatic rings. The third-order valence-electron chi connectivity index (χ3n) is 5.98. The van der Waals surface area contributed by atoms with Crippen molar-refractivity contribution in [2.24, 2.45) is 17.3 Å². The molecule has 3 fully saturated rings. The molecule has 1 N–H and O–H groups in total. The Balaban J connectivity index is 1.82. The quantitative estimate of drug-likeness (QED) is 0.841. The lowest BCUT2D eigenvalue weighted by Gasteiger charge is -2.55. The third-order valence-corrected chi connectivity index (χ3v) is 5.98. The van der Waals surface area contributed by atoms with Gasteiger partial charge in [0.1, 0.15) is 6.04 Å². The smallest absolute Gasteiger partial charge is 0.321 e. The van der Waals surface area contributed by atoms with E-state index in [0.717, 1.165) is 58.7 Å². The van der Waals surface area contributed by atoms with Crippen molar-refractivity contribution in [3.05, 3.63) is 0 Å². The lowest BCUT2D eigenvalue weighted by molar-refractivity contribution is -0.200. The fraction of sp³-hybridized carbons (Fsp3) is 0.941. The summed E-state index contributed by atoms with van der Waals surface area (Å²) in [6.07, 6.45) is 4.39. The monoisotopic (exact) mass is 311 g/mol. The van der Waals surface area contributed by atoms with E-state index in [1.807, 2.05) is 13.8 Å². The molecule has 5 nitrogen and oxygen atoms in total. The standard InChI is InChI=1S/C17H29NO4/c1-12(2)15(16(19)20)18-7-3-4-14(18)17(10-22-11-17)13-5-8-21-9-6-13/h12-15H,3-11H2,1-2H3,(H,19,20)/t14?,15-/m0/s1.